The van der Waals surface area contributed by atoms with Gasteiger partial charge in [-0.2, -0.15) is 5.10 Å². The van der Waals surface area contributed by atoms with Crippen molar-refractivity contribution in [3.63, 3.8) is 0 Å². The summed E-state index contributed by atoms with van der Waals surface area (Å²) in [7, 11) is 0. The predicted octanol–water partition coefficient (Wildman–Crippen LogP) is 1.83. The minimum absolute atomic E-state index is 0.200. The van der Waals surface area contributed by atoms with Crippen molar-refractivity contribution in [3.8, 4) is 5.75 Å². The van der Waals surface area contributed by atoms with Crippen LogP contribution in [0, 0.1) is 11.8 Å². The second kappa shape index (κ2) is 9.91. The Morgan fingerprint density at radius 3 is 3.15 bits per heavy atom. The topological polar surface area (TPSA) is 90.3 Å². The maximum absolute atomic E-state index is 12.1. The van der Waals surface area contributed by atoms with Crippen molar-refractivity contribution in [2.75, 3.05) is 26.4 Å². The Kier molecular flexibility index (Phi) is 7.04. The molecule has 3 heterocycles. The van der Waals surface area contributed by atoms with E-state index in [2.05, 4.69) is 27.6 Å². The van der Waals surface area contributed by atoms with Gasteiger partial charge < -0.3 is 20.1 Å². The lowest BCUT2D eigenvalue weighted by Gasteiger charge is -2.15. The van der Waals surface area contributed by atoms with Crippen molar-refractivity contribution < 1.29 is 14.3 Å². The Hall–Kier alpha value is -2.61. The molecule has 2 atom stereocenters. The van der Waals surface area contributed by atoms with Crippen LogP contribution in [0.15, 0.2) is 36.9 Å². The van der Waals surface area contributed by atoms with Gasteiger partial charge in [-0.3, -0.25) is 9.67 Å². The highest BCUT2D eigenvalue weighted by Gasteiger charge is 2.17. The number of ether oxygens (including phenoxy) is 2. The van der Waals surface area contributed by atoms with Gasteiger partial charge in [-0.05, 0) is 24.5 Å². The summed E-state index contributed by atoms with van der Waals surface area (Å²) < 4.78 is 13.1. The lowest BCUT2D eigenvalue weighted by atomic mass is 10.1. The lowest BCUT2D eigenvalue weighted by Crippen LogP contribution is -2.38. The van der Waals surface area contributed by atoms with Gasteiger partial charge in [0, 0.05) is 56.3 Å². The van der Waals surface area contributed by atoms with E-state index in [1.807, 2.05) is 23.0 Å². The third kappa shape index (κ3) is 6.25. The number of urea groups is 1. The summed E-state index contributed by atoms with van der Waals surface area (Å²) in [4.78, 5) is 16.2. The molecule has 8 nitrogen and oxygen atoms in total. The second-order valence-electron chi connectivity index (χ2n) is 6.92. The Morgan fingerprint density at radius 2 is 2.37 bits per heavy atom. The van der Waals surface area contributed by atoms with E-state index in [1.54, 1.807) is 18.6 Å². The van der Waals surface area contributed by atoms with Crippen LogP contribution < -0.4 is 15.4 Å². The van der Waals surface area contributed by atoms with Crippen LogP contribution in [0.2, 0.25) is 0 Å². The van der Waals surface area contributed by atoms with Gasteiger partial charge in [0.05, 0.1) is 19.4 Å². The first-order chi connectivity index (χ1) is 13.2. The average molecular weight is 373 g/mol. The third-order valence-corrected chi connectivity index (χ3v) is 4.48. The van der Waals surface area contributed by atoms with Crippen molar-refractivity contribution in [1.82, 2.24) is 25.4 Å². The fourth-order valence-electron chi connectivity index (χ4n) is 2.90. The van der Waals surface area contributed by atoms with E-state index in [-0.39, 0.29) is 11.9 Å². The molecule has 27 heavy (non-hydrogen) atoms. The zero-order chi connectivity index (χ0) is 18.9. The Bertz CT molecular complexity index is 701. The van der Waals surface area contributed by atoms with E-state index in [1.165, 1.54) is 0 Å². The summed E-state index contributed by atoms with van der Waals surface area (Å²) in [6.45, 7) is 5.95. The summed E-state index contributed by atoms with van der Waals surface area (Å²) in [6.07, 6.45) is 8.08. The Balaban J connectivity index is 1.40. The van der Waals surface area contributed by atoms with Crippen molar-refractivity contribution in [3.05, 3.63) is 42.5 Å². The smallest absolute Gasteiger partial charge is 0.315 e. The van der Waals surface area contributed by atoms with Gasteiger partial charge in [-0.25, -0.2) is 4.79 Å². The molecule has 1 fully saturated rings. The van der Waals surface area contributed by atoms with Gasteiger partial charge in [0.25, 0.3) is 0 Å². The lowest BCUT2D eigenvalue weighted by molar-refractivity contribution is 0.166. The van der Waals surface area contributed by atoms with Crippen LogP contribution in [0.1, 0.15) is 18.9 Å². The van der Waals surface area contributed by atoms with Gasteiger partial charge in [0.2, 0.25) is 0 Å². The van der Waals surface area contributed by atoms with E-state index in [4.69, 9.17) is 9.47 Å². The number of nitrogens with zero attached hydrogens (tertiary/aromatic N) is 3. The standard InChI is InChI=1S/C19H27N5O3/c1-15(12-24-7-2-5-23-24)9-21-19(25)22-10-17-3-6-20-11-18(17)27-14-16-4-8-26-13-16/h2-3,5-7,11,15-16H,4,8-10,12-14H2,1H3,(H2,21,22,25). The minimum atomic E-state index is -0.200. The molecule has 2 N–H and O–H groups in total. The molecule has 1 aliphatic heterocycles. The molecule has 2 amide bonds. The molecule has 146 valence electrons. The molecule has 1 saturated heterocycles. The van der Waals surface area contributed by atoms with Gasteiger partial charge in [0.1, 0.15) is 5.75 Å². The van der Waals surface area contributed by atoms with E-state index < -0.39 is 0 Å². The minimum Gasteiger partial charge on any atom is -0.491 e. The number of pyridine rings is 1. The first-order valence-corrected chi connectivity index (χ1v) is 9.33. The molecule has 0 spiro atoms. The van der Waals surface area contributed by atoms with Gasteiger partial charge >= 0.3 is 6.03 Å². The van der Waals surface area contributed by atoms with Crippen LogP contribution in [-0.2, 0) is 17.8 Å². The highest BCUT2D eigenvalue weighted by atomic mass is 16.5. The van der Waals surface area contributed by atoms with Gasteiger partial charge in [-0.15, -0.1) is 0 Å². The maximum atomic E-state index is 12.1. The summed E-state index contributed by atoms with van der Waals surface area (Å²) in [5, 5.41) is 9.95. The van der Waals surface area contributed by atoms with Crippen LogP contribution in [0.5, 0.6) is 5.75 Å². The zero-order valence-corrected chi connectivity index (χ0v) is 15.6. The SMILES string of the molecule is CC(CNC(=O)NCc1ccncc1OCC1CCOC1)Cn1cccn1. The molecule has 2 aromatic rings. The highest BCUT2D eigenvalue weighted by molar-refractivity contribution is 5.73. The van der Waals surface area contributed by atoms with Gasteiger partial charge in [-0.1, -0.05) is 6.92 Å². The molecule has 0 bridgehead atoms. The predicted molar refractivity (Wildman–Crippen MR) is 100 cm³/mol. The highest BCUT2D eigenvalue weighted by Crippen LogP contribution is 2.19. The molecule has 2 aromatic heterocycles. The van der Waals surface area contributed by atoms with E-state index in [9.17, 15) is 4.79 Å². The number of hydrogen-bond acceptors (Lipinski definition) is 5. The molecule has 0 radical (unpaired) electrons. The third-order valence-electron chi connectivity index (χ3n) is 4.48. The van der Waals surface area contributed by atoms with Crippen molar-refractivity contribution >= 4 is 6.03 Å². The fourth-order valence-corrected chi connectivity index (χ4v) is 2.90. The second-order valence-corrected chi connectivity index (χ2v) is 6.92. The molecular weight excluding hydrogens is 346 g/mol. The number of rotatable bonds is 9. The van der Waals surface area contributed by atoms with Gasteiger partial charge in [0.15, 0.2) is 0 Å². The first kappa shape index (κ1) is 19.2. The number of nitrogens with one attached hydrogen (secondary N) is 2. The normalized spacial score (nSPS) is 17.4. The number of hydrogen-bond donors (Lipinski definition) is 2. The van der Waals surface area contributed by atoms with Crippen LogP contribution in [-0.4, -0.2) is 47.2 Å². The monoisotopic (exact) mass is 373 g/mol. The number of amides is 2. The van der Waals surface area contributed by atoms with E-state index in [0.29, 0.717) is 31.4 Å². The van der Waals surface area contributed by atoms with Crippen LogP contribution >= 0.6 is 0 Å². The number of carbonyl (C=O) groups excluding carboxylic acids is 1. The molecule has 0 aromatic carbocycles. The average Bonchev–Trinajstić information content (AvgIpc) is 3.37. The number of carbonyl (C=O) groups is 1. The first-order valence-electron chi connectivity index (χ1n) is 9.33. The summed E-state index contributed by atoms with van der Waals surface area (Å²) in [5.41, 5.74) is 0.906. The van der Waals surface area contributed by atoms with Crippen LogP contribution in [0.25, 0.3) is 0 Å². The molecule has 3 rings (SSSR count). The van der Waals surface area contributed by atoms with Crippen LogP contribution in [0.3, 0.4) is 0 Å². The fraction of sp³-hybridized carbons (Fsp3) is 0.526. The maximum Gasteiger partial charge on any atom is 0.315 e. The number of aromatic nitrogens is 3. The molecule has 1 aliphatic rings. The van der Waals surface area contributed by atoms with Crippen molar-refractivity contribution in [2.45, 2.75) is 26.4 Å². The van der Waals surface area contributed by atoms with Crippen molar-refractivity contribution in [1.29, 1.82) is 0 Å². The summed E-state index contributed by atoms with van der Waals surface area (Å²) >= 11 is 0. The van der Waals surface area contributed by atoms with Crippen molar-refractivity contribution in [2.24, 2.45) is 11.8 Å². The molecule has 8 heteroatoms. The Morgan fingerprint density at radius 1 is 1.44 bits per heavy atom. The quantitative estimate of drug-likeness (QED) is 0.700. The molecule has 0 saturated carbocycles. The summed E-state index contributed by atoms with van der Waals surface area (Å²) in [5.74, 6) is 1.41. The molecule has 0 aliphatic carbocycles. The van der Waals surface area contributed by atoms with E-state index in [0.717, 1.165) is 31.7 Å². The molecule has 2 unspecified atom stereocenters. The van der Waals surface area contributed by atoms with E-state index >= 15 is 0 Å². The zero-order valence-electron chi connectivity index (χ0n) is 15.6. The van der Waals surface area contributed by atoms with Crippen LogP contribution in [0.4, 0.5) is 4.79 Å². The summed E-state index contributed by atoms with van der Waals surface area (Å²) in [6, 6.07) is 3.55. The molecular formula is C19H27N5O3. The Labute approximate surface area is 159 Å². The largest absolute Gasteiger partial charge is 0.491 e.